The Labute approximate surface area is 94.6 Å². The molecule has 90 valence electrons. The average molecular weight is 226 g/mol. The zero-order chi connectivity index (χ0) is 12.0. The molecular weight excluding hydrogens is 208 g/mol. The van der Waals surface area contributed by atoms with Crippen LogP contribution in [0.1, 0.15) is 11.7 Å². The first-order valence-corrected chi connectivity index (χ1v) is 5.14. The summed E-state index contributed by atoms with van der Waals surface area (Å²) in [7, 11) is 0. The third kappa shape index (κ3) is 3.79. The minimum absolute atomic E-state index is 0.107. The molecule has 5 nitrogen and oxygen atoms in total. The Bertz CT molecular complexity index is 303. The highest BCUT2D eigenvalue weighted by Crippen LogP contribution is 2.17. The zero-order valence-electron chi connectivity index (χ0n) is 9.04. The second kappa shape index (κ2) is 6.44. The second-order valence-corrected chi connectivity index (χ2v) is 3.57. The van der Waals surface area contributed by atoms with Gasteiger partial charge in [0.25, 0.3) is 0 Å². The molecule has 0 aliphatic carbocycles. The van der Waals surface area contributed by atoms with Crippen LogP contribution in [0.5, 0.6) is 5.75 Å². The number of nitrogens with two attached hydrogens (primary N) is 2. The van der Waals surface area contributed by atoms with Gasteiger partial charge in [-0.15, -0.1) is 0 Å². The van der Waals surface area contributed by atoms with E-state index in [2.05, 4.69) is 0 Å². The number of rotatable bonds is 6. The monoisotopic (exact) mass is 226 g/mol. The molecular formula is C11H18N2O3. The van der Waals surface area contributed by atoms with E-state index in [0.717, 1.165) is 5.56 Å². The molecule has 6 N–H and O–H groups in total. The highest BCUT2D eigenvalue weighted by molar-refractivity contribution is 5.28. The van der Waals surface area contributed by atoms with Crippen LogP contribution in [0, 0.1) is 0 Å². The van der Waals surface area contributed by atoms with Crippen LogP contribution in [0.2, 0.25) is 0 Å². The van der Waals surface area contributed by atoms with Crippen LogP contribution in [0.25, 0.3) is 0 Å². The molecule has 16 heavy (non-hydrogen) atoms. The van der Waals surface area contributed by atoms with E-state index in [0.29, 0.717) is 5.75 Å². The molecule has 1 rings (SSSR count). The van der Waals surface area contributed by atoms with Gasteiger partial charge in [-0.05, 0) is 17.7 Å². The summed E-state index contributed by atoms with van der Waals surface area (Å²) in [6.07, 6.45) is -0.645. The molecule has 2 atom stereocenters. The number of hydrogen-bond donors (Lipinski definition) is 4. The van der Waals surface area contributed by atoms with Crippen LogP contribution < -0.4 is 16.2 Å². The molecule has 0 heterocycles. The summed E-state index contributed by atoms with van der Waals surface area (Å²) in [4.78, 5) is 0. The molecule has 0 amide bonds. The molecule has 1 aromatic carbocycles. The maximum atomic E-state index is 9.46. The first kappa shape index (κ1) is 12.9. The second-order valence-electron chi connectivity index (χ2n) is 3.57. The lowest BCUT2D eigenvalue weighted by molar-refractivity contribution is 0.186. The SMILES string of the molecule is NC[C@H](O)c1ccc(OC[C@@H](N)CO)cc1. The van der Waals surface area contributed by atoms with Crippen LogP contribution in [-0.4, -0.2) is 36.0 Å². The summed E-state index contributed by atoms with van der Waals surface area (Å²) >= 11 is 0. The molecule has 0 aromatic heterocycles. The molecule has 0 bridgehead atoms. The van der Waals surface area contributed by atoms with Gasteiger partial charge < -0.3 is 26.4 Å². The summed E-state index contributed by atoms with van der Waals surface area (Å²) in [5.41, 5.74) is 11.6. The quantitative estimate of drug-likeness (QED) is 0.517. The van der Waals surface area contributed by atoms with Crippen molar-refractivity contribution in [3.63, 3.8) is 0 Å². The van der Waals surface area contributed by atoms with E-state index in [9.17, 15) is 5.11 Å². The van der Waals surface area contributed by atoms with E-state index in [4.69, 9.17) is 21.3 Å². The normalized spacial score (nSPS) is 14.5. The Morgan fingerprint density at radius 3 is 2.38 bits per heavy atom. The molecule has 0 aliphatic rings. The number of benzene rings is 1. The van der Waals surface area contributed by atoms with Gasteiger partial charge in [0.15, 0.2) is 0 Å². The van der Waals surface area contributed by atoms with E-state index in [1.165, 1.54) is 0 Å². The van der Waals surface area contributed by atoms with Gasteiger partial charge in [0.05, 0.1) is 18.8 Å². The molecule has 0 aliphatic heterocycles. The zero-order valence-corrected chi connectivity index (χ0v) is 9.04. The van der Waals surface area contributed by atoms with E-state index in [1.54, 1.807) is 24.3 Å². The molecule has 0 unspecified atom stereocenters. The summed E-state index contributed by atoms with van der Waals surface area (Å²) in [5, 5.41) is 18.2. The number of ether oxygens (including phenoxy) is 1. The van der Waals surface area contributed by atoms with Gasteiger partial charge in [-0.1, -0.05) is 12.1 Å². The maximum Gasteiger partial charge on any atom is 0.119 e. The maximum absolute atomic E-state index is 9.46. The van der Waals surface area contributed by atoms with Gasteiger partial charge in [0.2, 0.25) is 0 Å². The van der Waals surface area contributed by atoms with Gasteiger partial charge in [-0.3, -0.25) is 0 Å². The number of hydrogen-bond acceptors (Lipinski definition) is 5. The summed E-state index contributed by atoms with van der Waals surface area (Å²) in [6, 6.07) is 6.58. The van der Waals surface area contributed by atoms with Crippen molar-refractivity contribution in [3.8, 4) is 5.75 Å². The van der Waals surface area contributed by atoms with Crippen molar-refractivity contribution in [3.05, 3.63) is 29.8 Å². The van der Waals surface area contributed by atoms with Crippen LogP contribution in [-0.2, 0) is 0 Å². The Balaban J connectivity index is 2.51. The van der Waals surface area contributed by atoms with Crippen LogP contribution >= 0.6 is 0 Å². The minimum Gasteiger partial charge on any atom is -0.492 e. The Morgan fingerprint density at radius 1 is 1.25 bits per heavy atom. The Morgan fingerprint density at radius 2 is 1.88 bits per heavy atom. The van der Waals surface area contributed by atoms with Gasteiger partial charge in [0, 0.05) is 6.54 Å². The fourth-order valence-corrected chi connectivity index (χ4v) is 1.18. The molecule has 1 aromatic rings. The third-order valence-corrected chi connectivity index (χ3v) is 2.19. The average Bonchev–Trinajstić information content (AvgIpc) is 2.35. The first-order valence-electron chi connectivity index (χ1n) is 5.14. The van der Waals surface area contributed by atoms with E-state index in [1.807, 2.05) is 0 Å². The number of aliphatic hydroxyl groups excluding tert-OH is 2. The fourth-order valence-electron chi connectivity index (χ4n) is 1.18. The molecule has 0 spiro atoms. The minimum atomic E-state index is -0.645. The lowest BCUT2D eigenvalue weighted by Gasteiger charge is -2.12. The Hall–Kier alpha value is -1.14. The van der Waals surface area contributed by atoms with Crippen molar-refractivity contribution in [2.24, 2.45) is 11.5 Å². The fraction of sp³-hybridized carbons (Fsp3) is 0.455. The van der Waals surface area contributed by atoms with Gasteiger partial charge in [-0.25, -0.2) is 0 Å². The van der Waals surface area contributed by atoms with Crippen molar-refractivity contribution in [2.45, 2.75) is 12.1 Å². The first-order chi connectivity index (χ1) is 7.67. The smallest absolute Gasteiger partial charge is 0.119 e. The van der Waals surface area contributed by atoms with E-state index < -0.39 is 6.10 Å². The highest BCUT2D eigenvalue weighted by Gasteiger charge is 2.05. The standard InChI is InChI=1S/C11H18N2O3/c12-5-11(15)8-1-3-10(4-2-8)16-7-9(13)6-14/h1-4,9,11,14-15H,5-7,12-13H2/t9-,11-/m0/s1. The predicted molar refractivity (Wildman–Crippen MR) is 61.0 cm³/mol. The lowest BCUT2D eigenvalue weighted by Crippen LogP contribution is -2.31. The van der Waals surface area contributed by atoms with Crippen LogP contribution in [0.4, 0.5) is 0 Å². The van der Waals surface area contributed by atoms with E-state index in [-0.39, 0.29) is 25.8 Å². The van der Waals surface area contributed by atoms with Gasteiger partial charge in [-0.2, -0.15) is 0 Å². The van der Waals surface area contributed by atoms with Crippen molar-refractivity contribution < 1.29 is 14.9 Å². The Kier molecular flexibility index (Phi) is 5.21. The molecule has 0 radical (unpaired) electrons. The molecule has 0 saturated heterocycles. The highest BCUT2D eigenvalue weighted by atomic mass is 16.5. The lowest BCUT2D eigenvalue weighted by atomic mass is 10.1. The molecule has 5 heteroatoms. The molecule has 0 fully saturated rings. The summed E-state index contributed by atoms with van der Waals surface area (Å²) < 4.78 is 5.33. The van der Waals surface area contributed by atoms with Crippen molar-refractivity contribution in [2.75, 3.05) is 19.8 Å². The molecule has 0 saturated carbocycles. The van der Waals surface area contributed by atoms with Crippen molar-refractivity contribution in [1.82, 2.24) is 0 Å². The number of aliphatic hydroxyl groups is 2. The predicted octanol–water partition coefficient (Wildman–Crippen LogP) is -0.623. The van der Waals surface area contributed by atoms with Crippen LogP contribution in [0.3, 0.4) is 0 Å². The van der Waals surface area contributed by atoms with Gasteiger partial charge in [0.1, 0.15) is 12.4 Å². The van der Waals surface area contributed by atoms with Crippen molar-refractivity contribution >= 4 is 0 Å². The summed E-state index contributed by atoms with van der Waals surface area (Å²) in [6.45, 7) is 0.342. The van der Waals surface area contributed by atoms with Crippen LogP contribution in [0.15, 0.2) is 24.3 Å². The topological polar surface area (TPSA) is 102 Å². The van der Waals surface area contributed by atoms with Crippen molar-refractivity contribution in [1.29, 1.82) is 0 Å². The van der Waals surface area contributed by atoms with Gasteiger partial charge >= 0.3 is 0 Å². The van der Waals surface area contributed by atoms with E-state index >= 15 is 0 Å². The summed E-state index contributed by atoms with van der Waals surface area (Å²) in [5.74, 6) is 0.650. The largest absolute Gasteiger partial charge is 0.492 e. The third-order valence-electron chi connectivity index (χ3n) is 2.19.